The normalized spacial score (nSPS) is 14.7. The lowest BCUT2D eigenvalue weighted by molar-refractivity contribution is 0.187. The third-order valence-corrected chi connectivity index (χ3v) is 10.2. The molecule has 0 radical (unpaired) electrons. The van der Waals surface area contributed by atoms with Crippen molar-refractivity contribution in [2.45, 2.75) is 58.4 Å². The van der Waals surface area contributed by atoms with Crippen molar-refractivity contribution >= 4 is 41.9 Å². The summed E-state index contributed by atoms with van der Waals surface area (Å²) in [6, 6.07) is 6.56. The molecule has 0 saturated carbocycles. The van der Waals surface area contributed by atoms with Crippen LogP contribution in [0.25, 0.3) is 11.0 Å². The quantitative estimate of drug-likeness (QED) is 0.391. The van der Waals surface area contributed by atoms with Gasteiger partial charge in [0.05, 0.1) is 17.1 Å². The number of hydrogen-bond acceptors (Lipinski definition) is 2. The predicted molar refractivity (Wildman–Crippen MR) is 114 cm³/mol. The first-order chi connectivity index (χ1) is 11.1. The second-order valence-electron chi connectivity index (χ2n) is 7.93. The zero-order valence-electron chi connectivity index (χ0n) is 15.9. The summed E-state index contributed by atoms with van der Waals surface area (Å²) in [6.45, 7) is 13.5. The third-order valence-electron chi connectivity index (χ3n) is 5.18. The van der Waals surface area contributed by atoms with Crippen molar-refractivity contribution in [2.24, 2.45) is 7.05 Å². The molecule has 0 bridgehead atoms. The molecule has 0 aliphatic rings. The van der Waals surface area contributed by atoms with Gasteiger partial charge >= 0.3 is 0 Å². The van der Waals surface area contributed by atoms with Crippen molar-refractivity contribution in [3.63, 3.8) is 0 Å². The number of nitrogens with zero attached hydrogens (tertiary/aromatic N) is 2. The molecule has 24 heavy (non-hydrogen) atoms. The molecule has 0 spiro atoms. The van der Waals surface area contributed by atoms with Gasteiger partial charge in [-0.15, -0.1) is 0 Å². The molecule has 5 heteroatoms. The van der Waals surface area contributed by atoms with Crippen LogP contribution in [0.1, 0.15) is 44.7 Å². The number of benzene rings is 1. The summed E-state index contributed by atoms with van der Waals surface area (Å²) in [7, 11) is 0.226. The van der Waals surface area contributed by atoms with Gasteiger partial charge in [-0.1, -0.05) is 55.5 Å². The third kappa shape index (κ3) is 4.11. The Morgan fingerprint density at radius 2 is 2.00 bits per heavy atom. The molecular weight excluding hydrogens is 427 g/mol. The van der Waals surface area contributed by atoms with E-state index in [-0.39, 0.29) is 11.1 Å². The minimum atomic E-state index is -1.84. The van der Waals surface area contributed by atoms with E-state index >= 15 is 0 Å². The molecule has 0 saturated heterocycles. The Morgan fingerprint density at radius 3 is 2.58 bits per heavy atom. The summed E-state index contributed by atoms with van der Waals surface area (Å²) in [6.07, 6.45) is 3.17. The molecule has 0 aliphatic heterocycles. The van der Waals surface area contributed by atoms with Gasteiger partial charge in [0.25, 0.3) is 0 Å². The minimum absolute atomic E-state index is 0.0867. The van der Waals surface area contributed by atoms with Crippen LogP contribution in [0.3, 0.4) is 0 Å². The van der Waals surface area contributed by atoms with Crippen LogP contribution < -0.4 is 0 Å². The zero-order chi connectivity index (χ0) is 18.1. The Kier molecular flexibility index (Phi) is 5.98. The first-order valence-electron chi connectivity index (χ1n) is 8.43. The number of hydrogen-bond donors (Lipinski definition) is 0. The highest BCUT2D eigenvalue weighted by Gasteiger charge is 2.39. The molecule has 2 aromatic rings. The van der Waals surface area contributed by atoms with Crippen molar-refractivity contribution in [1.29, 1.82) is 0 Å². The molecule has 3 nitrogen and oxygen atoms in total. The minimum Gasteiger partial charge on any atom is -0.410 e. The van der Waals surface area contributed by atoms with Crippen LogP contribution >= 0.6 is 22.6 Å². The van der Waals surface area contributed by atoms with E-state index in [0.29, 0.717) is 0 Å². The van der Waals surface area contributed by atoms with Crippen molar-refractivity contribution in [1.82, 2.24) is 9.55 Å². The molecule has 1 aromatic carbocycles. The number of fused-ring (bicyclic) bond motifs is 1. The van der Waals surface area contributed by atoms with E-state index < -0.39 is 8.32 Å². The van der Waals surface area contributed by atoms with Gasteiger partial charge in [-0.25, -0.2) is 4.98 Å². The first-order valence-corrected chi connectivity index (χ1v) is 12.6. The Balaban J connectivity index is 2.40. The van der Waals surface area contributed by atoms with Gasteiger partial charge < -0.3 is 8.99 Å². The van der Waals surface area contributed by atoms with E-state index in [1.165, 1.54) is 11.1 Å². The summed E-state index contributed by atoms with van der Waals surface area (Å²) in [4.78, 5) is 4.68. The highest BCUT2D eigenvalue weighted by Crippen LogP contribution is 2.41. The van der Waals surface area contributed by atoms with Gasteiger partial charge in [0, 0.05) is 7.05 Å². The van der Waals surface area contributed by atoms with Gasteiger partial charge in [0.2, 0.25) is 0 Å². The lowest BCUT2D eigenvalue weighted by atomic mass is 10.1. The fourth-order valence-electron chi connectivity index (χ4n) is 2.50. The lowest BCUT2D eigenvalue weighted by Gasteiger charge is -2.39. The lowest BCUT2D eigenvalue weighted by Crippen LogP contribution is -2.41. The Labute approximate surface area is 160 Å². The van der Waals surface area contributed by atoms with Gasteiger partial charge in [0.15, 0.2) is 8.32 Å². The first kappa shape index (κ1) is 19.7. The van der Waals surface area contributed by atoms with Crippen LogP contribution in [0.5, 0.6) is 0 Å². The predicted octanol–water partition coefficient (Wildman–Crippen LogP) is 6.28. The fraction of sp³-hybridized carbons (Fsp3) is 0.526. The van der Waals surface area contributed by atoms with Crippen molar-refractivity contribution < 1.29 is 4.43 Å². The van der Waals surface area contributed by atoms with Crippen LogP contribution in [-0.4, -0.2) is 17.9 Å². The molecule has 2 rings (SSSR count). The van der Waals surface area contributed by atoms with E-state index in [9.17, 15) is 0 Å². The van der Waals surface area contributed by atoms with Crippen molar-refractivity contribution in [3.05, 3.63) is 39.7 Å². The molecule has 0 amide bonds. The second-order valence-corrected chi connectivity index (χ2v) is 13.4. The van der Waals surface area contributed by atoms with Crippen molar-refractivity contribution in [3.8, 4) is 0 Å². The molecule has 132 valence electrons. The largest absolute Gasteiger partial charge is 0.410 e. The van der Waals surface area contributed by atoms with Crippen LogP contribution in [-0.2, 0) is 11.5 Å². The number of aryl methyl sites for hydroxylation is 2. The fourth-order valence-corrected chi connectivity index (χ4v) is 4.09. The van der Waals surface area contributed by atoms with Gasteiger partial charge in [-0.2, -0.15) is 0 Å². The molecule has 0 unspecified atom stereocenters. The van der Waals surface area contributed by atoms with E-state index in [0.717, 1.165) is 17.8 Å². The monoisotopic (exact) mass is 456 g/mol. The maximum absolute atomic E-state index is 6.73. The maximum atomic E-state index is 6.73. The molecular formula is C19H29IN2OSi. The number of imidazole rings is 1. The van der Waals surface area contributed by atoms with Crippen LogP contribution in [0.15, 0.2) is 28.4 Å². The molecule has 1 heterocycles. The average molecular weight is 456 g/mol. The number of aromatic nitrogens is 2. The molecule has 0 aliphatic carbocycles. The summed E-state index contributed by atoms with van der Waals surface area (Å²) in [5, 5.41) is 0.199. The Morgan fingerprint density at radius 1 is 1.33 bits per heavy atom. The van der Waals surface area contributed by atoms with E-state index in [1.54, 1.807) is 0 Å². The summed E-state index contributed by atoms with van der Waals surface area (Å²) < 4.78 is 10.9. The van der Waals surface area contributed by atoms with Gasteiger partial charge in [-0.05, 0) is 53.3 Å². The Hall–Kier alpha value is -0.663. The average Bonchev–Trinajstić information content (AvgIpc) is 2.76. The van der Waals surface area contributed by atoms with Crippen LogP contribution in [0.2, 0.25) is 18.1 Å². The van der Waals surface area contributed by atoms with Crippen LogP contribution in [0, 0.1) is 6.92 Å². The maximum Gasteiger partial charge on any atom is 0.192 e. The summed E-state index contributed by atoms with van der Waals surface area (Å²) >= 11 is 2.27. The zero-order valence-corrected chi connectivity index (χ0v) is 19.0. The molecule has 1 aromatic heterocycles. The van der Waals surface area contributed by atoms with Crippen molar-refractivity contribution in [2.75, 3.05) is 0 Å². The van der Waals surface area contributed by atoms with Crippen LogP contribution in [0.4, 0.5) is 0 Å². The number of halogens is 1. The molecule has 0 fully saturated rings. The van der Waals surface area contributed by atoms with Gasteiger partial charge in [-0.3, -0.25) is 0 Å². The highest BCUT2D eigenvalue weighted by atomic mass is 127. The van der Waals surface area contributed by atoms with E-state index in [1.807, 2.05) is 6.92 Å². The standard InChI is InChI=1S/C19H29IN2OSi/c1-14-21-16-13-15(10-11-17(16)22(14)5)18(9-8-12-20)23-24(6,7)19(2,3)4/h8,10-13,18H,9H2,1-7H3/b12-8+/t18-/m1/s1. The smallest absolute Gasteiger partial charge is 0.192 e. The topological polar surface area (TPSA) is 27.1 Å². The Bertz CT molecular complexity index is 744. The van der Waals surface area contributed by atoms with E-state index in [4.69, 9.17) is 4.43 Å². The number of rotatable bonds is 5. The van der Waals surface area contributed by atoms with Gasteiger partial charge in [0.1, 0.15) is 5.82 Å². The molecule has 1 atom stereocenters. The van der Waals surface area contributed by atoms with E-state index in [2.05, 4.69) is 101 Å². The SMILES string of the molecule is Cc1nc2cc([C@@H](C/C=C/I)O[Si](C)(C)C(C)(C)C)ccc2n1C. The summed E-state index contributed by atoms with van der Waals surface area (Å²) in [5.74, 6) is 1.04. The highest BCUT2D eigenvalue weighted by molar-refractivity contribution is 14.1. The summed E-state index contributed by atoms with van der Waals surface area (Å²) in [5.41, 5.74) is 3.45. The molecule has 0 N–H and O–H groups in total. The second kappa shape index (κ2) is 7.29.